The fourth-order valence-corrected chi connectivity index (χ4v) is 1.85. The number of ether oxygens (including phenoxy) is 1. The van der Waals surface area contributed by atoms with Gasteiger partial charge in [0.05, 0.1) is 28.8 Å². The van der Waals surface area contributed by atoms with Crippen LogP contribution in [0.1, 0.15) is 0 Å². The first kappa shape index (κ1) is 13.6. The smallest absolute Gasteiger partial charge is 0.322 e. The van der Waals surface area contributed by atoms with E-state index < -0.39 is 4.92 Å². The Morgan fingerprint density at radius 3 is 2.74 bits per heavy atom. The molecule has 0 aromatic heterocycles. The van der Waals surface area contributed by atoms with E-state index in [1.807, 2.05) is 0 Å². The van der Waals surface area contributed by atoms with Crippen molar-refractivity contribution in [2.45, 2.75) is 0 Å². The normalized spacial score (nSPS) is 15.1. The first-order valence-electron chi connectivity index (χ1n) is 5.65. The summed E-state index contributed by atoms with van der Waals surface area (Å²) in [4.78, 5) is 23.6. The highest BCUT2D eigenvalue weighted by Gasteiger charge is 2.18. The summed E-state index contributed by atoms with van der Waals surface area (Å²) < 4.78 is 5.14. The summed E-state index contributed by atoms with van der Waals surface area (Å²) in [6, 6.07) is 3.56. The molecule has 1 saturated heterocycles. The van der Waals surface area contributed by atoms with E-state index in [1.165, 1.54) is 18.2 Å². The molecule has 8 heteroatoms. The minimum Gasteiger partial charge on any atom is -0.378 e. The molecule has 1 aliphatic rings. The van der Waals surface area contributed by atoms with Gasteiger partial charge in [0, 0.05) is 25.2 Å². The predicted octanol–water partition coefficient (Wildman–Crippen LogP) is 2.11. The van der Waals surface area contributed by atoms with Crippen LogP contribution in [-0.4, -0.2) is 42.2 Å². The third-order valence-electron chi connectivity index (χ3n) is 2.70. The number of halogens is 1. The topological polar surface area (TPSA) is 84.7 Å². The van der Waals surface area contributed by atoms with Gasteiger partial charge in [-0.05, 0) is 6.07 Å². The van der Waals surface area contributed by atoms with Crippen molar-refractivity contribution in [2.75, 3.05) is 31.6 Å². The van der Waals surface area contributed by atoms with Crippen LogP contribution >= 0.6 is 11.6 Å². The van der Waals surface area contributed by atoms with Crippen molar-refractivity contribution in [1.29, 1.82) is 0 Å². The van der Waals surface area contributed by atoms with Crippen LogP contribution in [0, 0.1) is 10.1 Å². The lowest BCUT2D eigenvalue weighted by molar-refractivity contribution is -0.384. The van der Waals surface area contributed by atoms with Crippen molar-refractivity contribution < 1.29 is 14.5 Å². The Kier molecular flexibility index (Phi) is 4.18. The van der Waals surface area contributed by atoms with Gasteiger partial charge in [-0.15, -0.1) is 0 Å². The van der Waals surface area contributed by atoms with Crippen LogP contribution in [0.15, 0.2) is 18.2 Å². The Morgan fingerprint density at radius 1 is 1.42 bits per heavy atom. The lowest BCUT2D eigenvalue weighted by Crippen LogP contribution is -2.43. The first-order chi connectivity index (χ1) is 9.08. The molecule has 2 amide bonds. The number of anilines is 1. The van der Waals surface area contributed by atoms with E-state index in [1.54, 1.807) is 4.90 Å². The highest BCUT2D eigenvalue weighted by Crippen LogP contribution is 2.26. The quantitative estimate of drug-likeness (QED) is 0.666. The molecular formula is C11H12ClN3O4. The number of nitro benzene ring substituents is 1. The van der Waals surface area contributed by atoms with E-state index in [9.17, 15) is 14.9 Å². The lowest BCUT2D eigenvalue weighted by atomic mass is 10.3. The number of benzene rings is 1. The summed E-state index contributed by atoms with van der Waals surface area (Å²) in [6.45, 7) is 1.93. The molecule has 0 aliphatic carbocycles. The van der Waals surface area contributed by atoms with Gasteiger partial charge in [0.15, 0.2) is 0 Å². The van der Waals surface area contributed by atoms with E-state index in [0.29, 0.717) is 26.3 Å². The fraction of sp³-hybridized carbons (Fsp3) is 0.364. The van der Waals surface area contributed by atoms with Gasteiger partial charge in [0.1, 0.15) is 0 Å². The van der Waals surface area contributed by atoms with Crippen molar-refractivity contribution in [2.24, 2.45) is 0 Å². The lowest BCUT2D eigenvalue weighted by Gasteiger charge is -2.27. The second-order valence-electron chi connectivity index (χ2n) is 3.95. The molecule has 1 aromatic carbocycles. The van der Waals surface area contributed by atoms with Gasteiger partial charge < -0.3 is 15.0 Å². The fourth-order valence-electron chi connectivity index (χ4n) is 1.68. The summed E-state index contributed by atoms with van der Waals surface area (Å²) in [5.41, 5.74) is 0.106. The monoisotopic (exact) mass is 285 g/mol. The Labute approximate surface area is 114 Å². The summed E-state index contributed by atoms with van der Waals surface area (Å²) in [5, 5.41) is 13.5. The maximum Gasteiger partial charge on any atom is 0.322 e. The molecule has 1 aromatic rings. The SMILES string of the molecule is O=C(Nc1cc([N+](=O)[O-])ccc1Cl)N1CCOCC1. The van der Waals surface area contributed by atoms with Crippen LogP contribution in [0.2, 0.25) is 5.02 Å². The van der Waals surface area contributed by atoms with Gasteiger partial charge in [-0.25, -0.2) is 4.79 Å². The second-order valence-corrected chi connectivity index (χ2v) is 4.36. The van der Waals surface area contributed by atoms with Gasteiger partial charge in [-0.2, -0.15) is 0 Å². The molecule has 0 bridgehead atoms. The number of morpholine rings is 1. The number of carbonyl (C=O) groups is 1. The number of non-ortho nitro benzene ring substituents is 1. The molecule has 102 valence electrons. The molecule has 2 rings (SSSR count). The van der Waals surface area contributed by atoms with Gasteiger partial charge >= 0.3 is 6.03 Å². The number of urea groups is 1. The minimum absolute atomic E-state index is 0.123. The Bertz CT molecular complexity index is 503. The van der Waals surface area contributed by atoms with Gasteiger partial charge in [-0.1, -0.05) is 11.6 Å². The maximum absolute atomic E-state index is 11.9. The van der Waals surface area contributed by atoms with Crippen molar-refractivity contribution in [3.8, 4) is 0 Å². The molecule has 1 heterocycles. The van der Waals surface area contributed by atoms with Gasteiger partial charge in [0.25, 0.3) is 5.69 Å². The molecule has 7 nitrogen and oxygen atoms in total. The number of hydrogen-bond donors (Lipinski definition) is 1. The summed E-state index contributed by atoms with van der Waals surface area (Å²) >= 11 is 5.90. The van der Waals surface area contributed by atoms with Crippen LogP contribution in [-0.2, 0) is 4.74 Å². The zero-order valence-electron chi connectivity index (χ0n) is 9.97. The number of nitro groups is 1. The maximum atomic E-state index is 11.9. The standard InChI is InChI=1S/C11H12ClN3O4/c12-9-2-1-8(15(17)18)7-10(9)13-11(16)14-3-5-19-6-4-14/h1-2,7H,3-6H2,(H,13,16). The van der Waals surface area contributed by atoms with E-state index >= 15 is 0 Å². The van der Waals surface area contributed by atoms with E-state index in [4.69, 9.17) is 16.3 Å². The molecule has 1 fully saturated rings. The minimum atomic E-state index is -0.541. The van der Waals surface area contributed by atoms with E-state index in [0.717, 1.165) is 0 Å². The summed E-state index contributed by atoms with van der Waals surface area (Å²) in [5.74, 6) is 0. The highest BCUT2D eigenvalue weighted by atomic mass is 35.5. The third-order valence-corrected chi connectivity index (χ3v) is 3.03. The van der Waals surface area contributed by atoms with Crippen LogP contribution in [0.4, 0.5) is 16.2 Å². The Hall–Kier alpha value is -1.86. The van der Waals surface area contributed by atoms with E-state index in [2.05, 4.69) is 5.32 Å². The van der Waals surface area contributed by atoms with Crippen molar-refractivity contribution in [3.05, 3.63) is 33.3 Å². The molecule has 0 radical (unpaired) electrons. The van der Waals surface area contributed by atoms with Crippen LogP contribution in [0.25, 0.3) is 0 Å². The molecule has 19 heavy (non-hydrogen) atoms. The molecule has 0 spiro atoms. The number of carbonyl (C=O) groups excluding carboxylic acids is 1. The molecule has 0 unspecified atom stereocenters. The largest absolute Gasteiger partial charge is 0.378 e. The number of amides is 2. The van der Waals surface area contributed by atoms with Crippen LogP contribution < -0.4 is 5.32 Å². The third kappa shape index (κ3) is 3.33. The number of rotatable bonds is 2. The number of nitrogens with one attached hydrogen (secondary N) is 1. The van der Waals surface area contributed by atoms with Crippen LogP contribution in [0.5, 0.6) is 0 Å². The molecule has 1 N–H and O–H groups in total. The second kappa shape index (κ2) is 5.85. The average molecular weight is 286 g/mol. The van der Waals surface area contributed by atoms with Crippen molar-refractivity contribution >= 4 is 29.0 Å². The van der Waals surface area contributed by atoms with Crippen molar-refractivity contribution in [1.82, 2.24) is 4.90 Å². The molecule has 0 saturated carbocycles. The Morgan fingerprint density at radius 2 is 2.11 bits per heavy atom. The molecule has 1 aliphatic heterocycles. The van der Waals surface area contributed by atoms with Gasteiger partial charge in [-0.3, -0.25) is 10.1 Å². The highest BCUT2D eigenvalue weighted by molar-refractivity contribution is 6.33. The molecular weight excluding hydrogens is 274 g/mol. The number of nitrogens with zero attached hydrogens (tertiary/aromatic N) is 2. The average Bonchev–Trinajstić information content (AvgIpc) is 2.42. The zero-order valence-corrected chi connectivity index (χ0v) is 10.7. The predicted molar refractivity (Wildman–Crippen MR) is 69.5 cm³/mol. The Balaban J connectivity index is 2.11. The van der Waals surface area contributed by atoms with Crippen LogP contribution in [0.3, 0.4) is 0 Å². The zero-order chi connectivity index (χ0) is 13.8. The first-order valence-corrected chi connectivity index (χ1v) is 6.03. The summed E-state index contributed by atoms with van der Waals surface area (Å²) in [6.07, 6.45) is 0. The van der Waals surface area contributed by atoms with E-state index in [-0.39, 0.29) is 22.4 Å². The summed E-state index contributed by atoms with van der Waals surface area (Å²) in [7, 11) is 0. The van der Waals surface area contributed by atoms with Crippen molar-refractivity contribution in [3.63, 3.8) is 0 Å². The van der Waals surface area contributed by atoms with Gasteiger partial charge in [0.2, 0.25) is 0 Å². The number of hydrogen-bond acceptors (Lipinski definition) is 4. The molecule has 0 atom stereocenters.